The van der Waals surface area contributed by atoms with Gasteiger partial charge in [0.05, 0.1) is 27.9 Å². The second-order valence-corrected chi connectivity index (χ2v) is 18.6. The minimum Gasteiger partial charge on any atom is -0.457 e. The third-order valence-corrected chi connectivity index (χ3v) is 15.4. The molecule has 0 aromatic heterocycles. The summed E-state index contributed by atoms with van der Waals surface area (Å²) in [7, 11) is 0. The van der Waals surface area contributed by atoms with Crippen LogP contribution in [0, 0.1) is 0 Å². The second-order valence-electron chi connectivity index (χ2n) is 18.6. The van der Waals surface area contributed by atoms with Gasteiger partial charge in [-0.15, -0.1) is 0 Å². The third kappa shape index (κ3) is 4.96. The fourth-order valence-electron chi connectivity index (χ4n) is 12.9. The molecule has 3 heteroatoms. The van der Waals surface area contributed by atoms with Crippen LogP contribution >= 0.6 is 0 Å². The van der Waals surface area contributed by atoms with Crippen LogP contribution in [0.3, 0.4) is 0 Å². The molecule has 3 nitrogen and oxygen atoms in total. The maximum absolute atomic E-state index is 6.79. The molecular weight excluding hydrogens is 839 g/mol. The lowest BCUT2D eigenvalue weighted by molar-refractivity contribution is 0.436. The van der Waals surface area contributed by atoms with Crippen LogP contribution in [-0.4, -0.2) is 0 Å². The fraction of sp³-hybridized carbons (Fsp3) is 0.0303. The molecule has 4 aliphatic rings. The first-order valence-electron chi connectivity index (χ1n) is 23.8. The van der Waals surface area contributed by atoms with Gasteiger partial charge in [0.15, 0.2) is 0 Å². The Morgan fingerprint density at radius 3 is 1.35 bits per heavy atom. The number of hydrogen-bond acceptors (Lipinski definition) is 3. The summed E-state index contributed by atoms with van der Waals surface area (Å²) in [6, 6.07) is 91.0. The van der Waals surface area contributed by atoms with E-state index in [1.807, 2.05) is 0 Å². The Kier molecular flexibility index (Phi) is 7.92. The molecule has 0 saturated heterocycles. The van der Waals surface area contributed by atoms with E-state index in [1.54, 1.807) is 0 Å². The number of para-hydroxylation sites is 5. The lowest BCUT2D eigenvalue weighted by Gasteiger charge is -2.40. The van der Waals surface area contributed by atoms with Gasteiger partial charge in [0.2, 0.25) is 0 Å². The normalized spacial score (nSPS) is 14.3. The van der Waals surface area contributed by atoms with Gasteiger partial charge in [-0.1, -0.05) is 206 Å². The zero-order valence-corrected chi connectivity index (χ0v) is 37.4. The van der Waals surface area contributed by atoms with Crippen LogP contribution in [0.25, 0.3) is 44.2 Å². The van der Waals surface area contributed by atoms with E-state index in [4.69, 9.17) is 9.47 Å². The highest BCUT2D eigenvalue weighted by atomic mass is 16.5. The van der Waals surface area contributed by atoms with Crippen LogP contribution in [0.4, 0.5) is 17.1 Å². The van der Waals surface area contributed by atoms with Crippen molar-refractivity contribution in [3.63, 3.8) is 0 Å². The SMILES string of the molecule is c1ccc(-c2ccccc2N(c2cccc3c2-c2ccccc2C32c3ccccc3Oc3ccccc32)c2cccc3c4c(ccc23)-c2ccccc2C42c3ccccc3Oc3ccccc32)cc1. The molecule has 0 bridgehead atoms. The third-order valence-electron chi connectivity index (χ3n) is 15.4. The smallest absolute Gasteiger partial charge is 0.132 e. The average Bonchev–Trinajstić information content (AvgIpc) is 3.88. The Hall–Kier alpha value is -8.92. The van der Waals surface area contributed by atoms with Gasteiger partial charge >= 0.3 is 0 Å². The van der Waals surface area contributed by atoms with E-state index >= 15 is 0 Å². The van der Waals surface area contributed by atoms with E-state index in [-0.39, 0.29) is 0 Å². The summed E-state index contributed by atoms with van der Waals surface area (Å²) in [4.78, 5) is 2.56. The van der Waals surface area contributed by atoms with Crippen LogP contribution in [0.5, 0.6) is 23.0 Å². The molecule has 0 radical (unpaired) electrons. The van der Waals surface area contributed by atoms with Crippen molar-refractivity contribution in [1.29, 1.82) is 0 Å². The predicted molar refractivity (Wildman–Crippen MR) is 279 cm³/mol. The minimum atomic E-state index is -0.634. The highest BCUT2D eigenvalue weighted by molar-refractivity contribution is 6.10. The molecule has 0 fully saturated rings. The van der Waals surface area contributed by atoms with Gasteiger partial charge in [-0.05, 0) is 92.4 Å². The average molecular weight is 880 g/mol. The van der Waals surface area contributed by atoms with E-state index in [1.165, 1.54) is 49.9 Å². The van der Waals surface area contributed by atoms with Crippen LogP contribution in [0.15, 0.2) is 249 Å². The Bertz CT molecular complexity index is 3850. The predicted octanol–water partition coefficient (Wildman–Crippen LogP) is 16.9. The van der Waals surface area contributed by atoms with Crippen molar-refractivity contribution in [1.82, 2.24) is 0 Å². The molecule has 69 heavy (non-hydrogen) atoms. The quantitative estimate of drug-likeness (QED) is 0.176. The molecule has 0 unspecified atom stereocenters. The van der Waals surface area contributed by atoms with E-state index in [0.717, 1.165) is 78.8 Å². The largest absolute Gasteiger partial charge is 0.457 e. The molecule has 0 N–H and O–H groups in total. The topological polar surface area (TPSA) is 21.7 Å². The highest BCUT2D eigenvalue weighted by Gasteiger charge is 2.54. The number of ether oxygens (including phenoxy) is 2. The maximum atomic E-state index is 6.79. The maximum Gasteiger partial charge on any atom is 0.132 e. The Balaban J connectivity index is 1.07. The molecule has 2 heterocycles. The van der Waals surface area contributed by atoms with Gasteiger partial charge in [0.25, 0.3) is 0 Å². The first kappa shape index (κ1) is 38.2. The fourth-order valence-corrected chi connectivity index (χ4v) is 12.9. The summed E-state index contributed by atoms with van der Waals surface area (Å²) in [6.45, 7) is 0. The molecule has 0 saturated carbocycles. The lowest BCUT2D eigenvalue weighted by atomic mass is 9.65. The van der Waals surface area contributed by atoms with E-state index in [0.29, 0.717) is 0 Å². The van der Waals surface area contributed by atoms with Gasteiger partial charge in [-0.3, -0.25) is 0 Å². The molecular formula is C66H41NO2. The van der Waals surface area contributed by atoms with Crippen molar-refractivity contribution in [3.8, 4) is 56.4 Å². The van der Waals surface area contributed by atoms with E-state index in [2.05, 4.69) is 254 Å². The van der Waals surface area contributed by atoms with Gasteiger partial charge in [0.1, 0.15) is 23.0 Å². The van der Waals surface area contributed by atoms with Crippen LogP contribution < -0.4 is 14.4 Å². The van der Waals surface area contributed by atoms with Crippen molar-refractivity contribution in [2.24, 2.45) is 0 Å². The summed E-state index contributed by atoms with van der Waals surface area (Å²) < 4.78 is 13.5. The van der Waals surface area contributed by atoms with E-state index < -0.39 is 10.8 Å². The van der Waals surface area contributed by atoms with Crippen LogP contribution in [0.2, 0.25) is 0 Å². The zero-order chi connectivity index (χ0) is 45.3. The molecule has 0 amide bonds. The molecule has 2 aliphatic carbocycles. The van der Waals surface area contributed by atoms with Gasteiger partial charge in [0, 0.05) is 38.8 Å². The van der Waals surface area contributed by atoms with Crippen molar-refractivity contribution in [2.45, 2.75) is 10.8 Å². The molecule has 11 aromatic carbocycles. The Labute approximate surface area is 400 Å². The number of rotatable bonds is 4. The summed E-state index contributed by atoms with van der Waals surface area (Å²) >= 11 is 0. The van der Waals surface area contributed by atoms with Gasteiger partial charge in [-0.2, -0.15) is 0 Å². The summed E-state index contributed by atoms with van der Waals surface area (Å²) in [5.41, 5.74) is 18.9. The highest BCUT2D eigenvalue weighted by Crippen LogP contribution is 2.66. The number of hydrogen-bond donors (Lipinski definition) is 0. The summed E-state index contributed by atoms with van der Waals surface area (Å²) in [5, 5.41) is 2.36. The first-order valence-corrected chi connectivity index (χ1v) is 23.8. The van der Waals surface area contributed by atoms with Crippen molar-refractivity contribution in [2.75, 3.05) is 4.90 Å². The van der Waals surface area contributed by atoms with Crippen molar-refractivity contribution < 1.29 is 9.47 Å². The van der Waals surface area contributed by atoms with Crippen LogP contribution in [-0.2, 0) is 10.8 Å². The van der Waals surface area contributed by atoms with Crippen LogP contribution in [0.1, 0.15) is 44.5 Å². The summed E-state index contributed by atoms with van der Waals surface area (Å²) in [5.74, 6) is 3.53. The molecule has 2 spiro atoms. The van der Waals surface area contributed by atoms with Crippen molar-refractivity contribution >= 4 is 27.8 Å². The number of nitrogens with zero attached hydrogens (tertiary/aromatic N) is 1. The molecule has 11 aromatic rings. The Morgan fingerprint density at radius 2 is 0.710 bits per heavy atom. The number of fused-ring (bicyclic) bond motifs is 20. The number of anilines is 3. The molecule has 15 rings (SSSR count). The molecule has 2 aliphatic heterocycles. The van der Waals surface area contributed by atoms with Gasteiger partial charge in [-0.25, -0.2) is 0 Å². The standard InChI is InChI=1S/C66H41NO2/c1-2-20-42(21-3-1)43-22-6-13-33-56(43)67(58-35-19-32-55-63(58)48-24-5-8-27-50(48)65(55)51-28-9-14-36-59(51)68-60-37-15-10-29-52(60)65)57-34-18-25-46-45(57)40-41-47-44-23-4-7-26-49(44)66(64(46)47)53-30-11-16-38-61(53)69-62-39-17-12-31-54(62)66/h1-41H. The summed E-state index contributed by atoms with van der Waals surface area (Å²) in [6.07, 6.45) is 0. The zero-order valence-electron chi connectivity index (χ0n) is 37.4. The molecule has 322 valence electrons. The minimum absolute atomic E-state index is 0.625. The Morgan fingerprint density at radius 1 is 0.261 bits per heavy atom. The second kappa shape index (κ2) is 14.3. The van der Waals surface area contributed by atoms with Gasteiger partial charge < -0.3 is 14.4 Å². The lowest BCUT2D eigenvalue weighted by Crippen LogP contribution is -2.32. The number of benzene rings is 11. The van der Waals surface area contributed by atoms with Crippen molar-refractivity contribution in [3.05, 3.63) is 293 Å². The molecule has 0 atom stereocenters. The first-order chi connectivity index (χ1) is 34.3. The monoisotopic (exact) mass is 879 g/mol. The van der Waals surface area contributed by atoms with E-state index in [9.17, 15) is 0 Å².